The minimum atomic E-state index is -0.436. The molecule has 0 saturated heterocycles. The van der Waals surface area contributed by atoms with Crippen molar-refractivity contribution in [2.45, 2.75) is 13.8 Å². The molecule has 4 rings (SSSR count). The molecule has 2 N–H and O–H groups in total. The molecule has 9 heteroatoms. The first-order valence-electron chi connectivity index (χ1n) is 9.05. The van der Waals surface area contributed by atoms with E-state index in [1.165, 1.54) is 9.36 Å². The number of nitrogens with one attached hydrogen (secondary N) is 2. The lowest BCUT2D eigenvalue weighted by Gasteiger charge is -2.07. The summed E-state index contributed by atoms with van der Waals surface area (Å²) in [5, 5.41) is 10.9. The van der Waals surface area contributed by atoms with Gasteiger partial charge in [-0.15, -0.1) is 0 Å². The number of aryl methyl sites for hydroxylation is 2. The molecule has 0 radical (unpaired) electrons. The van der Waals surface area contributed by atoms with E-state index in [9.17, 15) is 9.59 Å². The van der Waals surface area contributed by atoms with E-state index in [4.69, 9.17) is 23.2 Å². The zero-order valence-corrected chi connectivity index (χ0v) is 17.6. The summed E-state index contributed by atoms with van der Waals surface area (Å²) >= 11 is 12.4. The Morgan fingerprint density at radius 2 is 1.80 bits per heavy atom. The van der Waals surface area contributed by atoms with Crippen LogP contribution in [0.15, 0.2) is 59.4 Å². The van der Waals surface area contributed by atoms with Crippen LogP contribution in [0.4, 0.5) is 5.82 Å². The van der Waals surface area contributed by atoms with Crippen LogP contribution in [-0.4, -0.2) is 25.5 Å². The summed E-state index contributed by atoms with van der Waals surface area (Å²) in [6.07, 6.45) is 0. The van der Waals surface area contributed by atoms with Crippen molar-refractivity contribution in [1.29, 1.82) is 0 Å². The van der Waals surface area contributed by atoms with Crippen molar-refractivity contribution in [3.8, 4) is 11.4 Å². The van der Waals surface area contributed by atoms with E-state index in [0.717, 1.165) is 11.4 Å². The molecule has 2 aromatic heterocycles. The lowest BCUT2D eigenvalue weighted by Crippen LogP contribution is -2.20. The summed E-state index contributed by atoms with van der Waals surface area (Å²) in [5.41, 5.74) is 2.02. The number of amides is 1. The largest absolute Gasteiger partial charge is 0.305 e. The van der Waals surface area contributed by atoms with Crippen molar-refractivity contribution in [3.63, 3.8) is 0 Å². The summed E-state index contributed by atoms with van der Waals surface area (Å²) in [6, 6.07) is 15.3. The van der Waals surface area contributed by atoms with Crippen molar-refractivity contribution >= 4 is 34.9 Å². The fourth-order valence-electron chi connectivity index (χ4n) is 3.17. The highest BCUT2D eigenvalue weighted by Crippen LogP contribution is 2.25. The van der Waals surface area contributed by atoms with Gasteiger partial charge in [-0.2, -0.15) is 5.10 Å². The molecular formula is C21H17Cl2N5O2. The number of benzene rings is 2. The Labute approximate surface area is 181 Å². The van der Waals surface area contributed by atoms with Gasteiger partial charge in [0, 0.05) is 16.3 Å². The quantitative estimate of drug-likeness (QED) is 0.487. The summed E-state index contributed by atoms with van der Waals surface area (Å²) in [6.45, 7) is 3.65. The number of carbonyl (C=O) groups excluding carboxylic acids is 1. The second-order valence-electron chi connectivity index (χ2n) is 6.73. The molecule has 30 heavy (non-hydrogen) atoms. The molecule has 0 aliphatic rings. The second kappa shape index (κ2) is 7.85. The van der Waals surface area contributed by atoms with Gasteiger partial charge in [0.1, 0.15) is 0 Å². The Morgan fingerprint density at radius 3 is 2.47 bits per heavy atom. The number of carbonyl (C=O) groups is 1. The van der Waals surface area contributed by atoms with Crippen molar-refractivity contribution in [3.05, 3.63) is 91.9 Å². The number of H-pyrrole nitrogens is 1. The van der Waals surface area contributed by atoms with Crippen LogP contribution in [0.25, 0.3) is 11.4 Å². The Morgan fingerprint density at radius 1 is 1.07 bits per heavy atom. The van der Waals surface area contributed by atoms with Gasteiger partial charge in [-0.05, 0) is 50.2 Å². The third-order valence-electron chi connectivity index (χ3n) is 4.51. The van der Waals surface area contributed by atoms with Crippen molar-refractivity contribution in [2.75, 3.05) is 5.32 Å². The van der Waals surface area contributed by atoms with Crippen LogP contribution in [-0.2, 0) is 0 Å². The standard InChI is InChI=1S/C21H17Cl2N5O2/c1-12-10-13(2)27(25-12)18-19(24-20(29)14-6-4-3-5-7-14)26-28(21(18)30)17-11-15(22)8-9-16(17)23/h3-11,26H,1-2H3,(H,24,29). The van der Waals surface area contributed by atoms with Gasteiger partial charge >= 0.3 is 0 Å². The molecule has 0 bridgehead atoms. The Balaban J connectivity index is 1.90. The minimum absolute atomic E-state index is 0.168. The third kappa shape index (κ3) is 3.65. The zero-order chi connectivity index (χ0) is 21.4. The number of aromatic amines is 1. The molecule has 0 aliphatic carbocycles. The monoisotopic (exact) mass is 441 g/mol. The van der Waals surface area contributed by atoms with Crippen molar-refractivity contribution in [1.82, 2.24) is 19.6 Å². The first kappa shape index (κ1) is 20.0. The lowest BCUT2D eigenvalue weighted by molar-refractivity contribution is 0.102. The van der Waals surface area contributed by atoms with E-state index in [1.807, 2.05) is 26.0 Å². The number of hydrogen-bond acceptors (Lipinski definition) is 3. The third-order valence-corrected chi connectivity index (χ3v) is 5.07. The zero-order valence-electron chi connectivity index (χ0n) is 16.1. The Bertz CT molecular complexity index is 1300. The average molecular weight is 442 g/mol. The van der Waals surface area contributed by atoms with E-state index in [2.05, 4.69) is 15.5 Å². The van der Waals surface area contributed by atoms with Crippen LogP contribution in [0.2, 0.25) is 10.0 Å². The molecule has 0 unspecified atom stereocenters. The number of nitrogens with zero attached hydrogens (tertiary/aromatic N) is 3. The first-order chi connectivity index (χ1) is 14.3. The van der Waals surface area contributed by atoms with Gasteiger partial charge in [0.2, 0.25) is 0 Å². The van der Waals surface area contributed by atoms with Gasteiger partial charge in [-0.1, -0.05) is 41.4 Å². The van der Waals surface area contributed by atoms with Crippen molar-refractivity contribution in [2.24, 2.45) is 0 Å². The molecule has 0 saturated carbocycles. The van der Waals surface area contributed by atoms with E-state index in [1.54, 1.807) is 42.5 Å². The highest BCUT2D eigenvalue weighted by atomic mass is 35.5. The molecule has 0 spiro atoms. The normalized spacial score (nSPS) is 10.9. The van der Waals surface area contributed by atoms with Gasteiger partial charge in [0.15, 0.2) is 11.5 Å². The molecule has 0 aliphatic heterocycles. The topological polar surface area (TPSA) is 84.7 Å². The molecule has 4 aromatic rings. The first-order valence-corrected chi connectivity index (χ1v) is 9.81. The number of halogens is 2. The molecule has 0 atom stereocenters. The predicted octanol–water partition coefficient (Wildman–Crippen LogP) is 4.53. The van der Waals surface area contributed by atoms with E-state index < -0.39 is 5.56 Å². The Hall–Kier alpha value is -3.29. The summed E-state index contributed by atoms with van der Waals surface area (Å²) in [7, 11) is 0. The Kier molecular flexibility index (Phi) is 5.24. The highest BCUT2D eigenvalue weighted by molar-refractivity contribution is 6.34. The molecular weight excluding hydrogens is 425 g/mol. The van der Waals surface area contributed by atoms with Crippen LogP contribution >= 0.6 is 23.2 Å². The second-order valence-corrected chi connectivity index (χ2v) is 7.57. The number of rotatable bonds is 4. The molecule has 7 nitrogen and oxygen atoms in total. The highest BCUT2D eigenvalue weighted by Gasteiger charge is 2.22. The SMILES string of the molecule is Cc1cc(C)n(-c2c(NC(=O)c3ccccc3)[nH]n(-c3cc(Cl)ccc3Cl)c2=O)n1. The lowest BCUT2D eigenvalue weighted by atomic mass is 10.2. The maximum absolute atomic E-state index is 13.4. The van der Waals surface area contributed by atoms with Gasteiger partial charge in [0.25, 0.3) is 11.5 Å². The van der Waals surface area contributed by atoms with Gasteiger partial charge in [0.05, 0.1) is 16.4 Å². The van der Waals surface area contributed by atoms with Crippen LogP contribution in [0.3, 0.4) is 0 Å². The van der Waals surface area contributed by atoms with Gasteiger partial charge < -0.3 is 5.32 Å². The minimum Gasteiger partial charge on any atom is -0.305 e. The smallest absolute Gasteiger partial charge is 0.299 e. The fourth-order valence-corrected chi connectivity index (χ4v) is 3.54. The summed E-state index contributed by atoms with van der Waals surface area (Å²) < 4.78 is 2.73. The van der Waals surface area contributed by atoms with Crippen LogP contribution in [0.5, 0.6) is 0 Å². The predicted molar refractivity (Wildman–Crippen MR) is 117 cm³/mol. The van der Waals surface area contributed by atoms with Gasteiger partial charge in [-0.25, -0.2) is 9.36 Å². The molecule has 2 heterocycles. The van der Waals surface area contributed by atoms with Crippen LogP contribution < -0.4 is 10.9 Å². The fraction of sp³-hybridized carbons (Fsp3) is 0.0952. The molecule has 152 valence electrons. The number of aromatic nitrogens is 4. The van der Waals surface area contributed by atoms with Gasteiger partial charge in [-0.3, -0.25) is 14.7 Å². The molecule has 0 fully saturated rings. The summed E-state index contributed by atoms with van der Waals surface area (Å²) in [5.74, 6) is -0.180. The van der Waals surface area contributed by atoms with E-state index in [0.29, 0.717) is 21.3 Å². The van der Waals surface area contributed by atoms with Crippen LogP contribution in [0.1, 0.15) is 21.7 Å². The van der Waals surface area contributed by atoms with E-state index in [-0.39, 0.29) is 17.4 Å². The van der Waals surface area contributed by atoms with E-state index >= 15 is 0 Å². The van der Waals surface area contributed by atoms with Crippen LogP contribution in [0, 0.1) is 13.8 Å². The maximum Gasteiger partial charge on any atom is 0.299 e. The maximum atomic E-state index is 13.4. The number of hydrogen-bond donors (Lipinski definition) is 2. The molecule has 2 aromatic carbocycles. The molecule has 1 amide bonds. The number of anilines is 1. The summed E-state index contributed by atoms with van der Waals surface area (Å²) in [4.78, 5) is 26.1. The average Bonchev–Trinajstić information content (AvgIpc) is 3.22. The van der Waals surface area contributed by atoms with Crippen molar-refractivity contribution < 1.29 is 4.79 Å².